The Labute approximate surface area is 124 Å². The molecule has 116 valence electrons. The van der Waals surface area contributed by atoms with E-state index in [4.69, 9.17) is 4.74 Å². The van der Waals surface area contributed by atoms with Gasteiger partial charge in [0.2, 0.25) is 0 Å². The Morgan fingerprint density at radius 3 is 2.27 bits per heavy atom. The number of hydrogen-bond donors (Lipinski definition) is 0. The predicted molar refractivity (Wildman–Crippen MR) is 72.7 cm³/mol. The minimum Gasteiger partial charge on any atom is -0.456 e. The molecule has 0 amide bonds. The van der Waals surface area contributed by atoms with Crippen LogP contribution in [0, 0.1) is 12.7 Å². The van der Waals surface area contributed by atoms with Crippen molar-refractivity contribution in [3.63, 3.8) is 0 Å². The van der Waals surface area contributed by atoms with Gasteiger partial charge >= 0.3 is 6.18 Å². The first kappa shape index (κ1) is 16.0. The maximum Gasteiger partial charge on any atom is 0.416 e. The van der Waals surface area contributed by atoms with E-state index in [9.17, 15) is 22.4 Å². The topological polar surface area (TPSA) is 26.3 Å². The second kappa shape index (κ2) is 5.79. The third-order valence-corrected chi connectivity index (χ3v) is 3.05. The predicted octanol–water partition coefficient (Wildman–Crippen LogP) is 5.15. The number of halogens is 4. The van der Waals surface area contributed by atoms with Crippen molar-refractivity contribution in [3.05, 3.63) is 58.9 Å². The summed E-state index contributed by atoms with van der Waals surface area (Å²) in [4.78, 5) is 11.5. The number of hydrogen-bond acceptors (Lipinski definition) is 2. The monoisotopic (exact) mass is 312 g/mol. The van der Waals surface area contributed by atoms with E-state index in [1.54, 1.807) is 6.92 Å². The lowest BCUT2D eigenvalue weighted by molar-refractivity contribution is -0.137. The molecule has 22 heavy (non-hydrogen) atoms. The van der Waals surface area contributed by atoms with E-state index in [0.29, 0.717) is 5.56 Å². The molecule has 2 aromatic carbocycles. The number of carbonyl (C=O) groups excluding carboxylic acids is 1. The Kier molecular flexibility index (Phi) is 4.21. The van der Waals surface area contributed by atoms with E-state index in [2.05, 4.69) is 0 Å². The van der Waals surface area contributed by atoms with Crippen molar-refractivity contribution in [3.8, 4) is 11.5 Å². The summed E-state index contributed by atoms with van der Waals surface area (Å²) in [6.45, 7) is 2.78. The lowest BCUT2D eigenvalue weighted by atomic mass is 10.1. The summed E-state index contributed by atoms with van der Waals surface area (Å²) in [5, 5.41) is 0. The summed E-state index contributed by atoms with van der Waals surface area (Å²) < 4.78 is 56.8. The van der Waals surface area contributed by atoms with Crippen molar-refractivity contribution in [2.75, 3.05) is 0 Å². The number of rotatable bonds is 3. The molecule has 0 saturated heterocycles. The molecule has 0 saturated carbocycles. The Morgan fingerprint density at radius 1 is 1.05 bits per heavy atom. The fraction of sp³-hybridized carbons (Fsp3) is 0.188. The second-order valence-corrected chi connectivity index (χ2v) is 4.78. The van der Waals surface area contributed by atoms with Crippen molar-refractivity contribution >= 4 is 5.78 Å². The highest BCUT2D eigenvalue weighted by atomic mass is 19.4. The van der Waals surface area contributed by atoms with Crippen LogP contribution in [0.1, 0.15) is 28.4 Å². The second-order valence-electron chi connectivity index (χ2n) is 4.78. The van der Waals surface area contributed by atoms with Crippen molar-refractivity contribution < 1.29 is 27.1 Å². The molecule has 2 rings (SSSR count). The summed E-state index contributed by atoms with van der Waals surface area (Å²) in [6.07, 6.45) is -4.55. The number of ketones is 1. The highest BCUT2D eigenvalue weighted by molar-refractivity contribution is 5.97. The molecule has 0 atom stereocenters. The standard InChI is InChI=1S/C16H12F4O2/c1-9-7-12(17)4-6-14(9)22-15-8-11(16(18,19)20)3-5-13(15)10(2)21/h3-8H,1-2H3. The van der Waals surface area contributed by atoms with Gasteiger partial charge in [0.05, 0.1) is 11.1 Å². The van der Waals surface area contributed by atoms with Crippen molar-refractivity contribution in [2.24, 2.45) is 0 Å². The molecule has 0 spiro atoms. The zero-order valence-electron chi connectivity index (χ0n) is 11.8. The van der Waals surface area contributed by atoms with Crippen LogP contribution in [0.3, 0.4) is 0 Å². The number of benzene rings is 2. The van der Waals surface area contributed by atoms with E-state index in [1.807, 2.05) is 0 Å². The molecule has 0 unspecified atom stereocenters. The van der Waals surface area contributed by atoms with Gasteiger partial charge in [-0.25, -0.2) is 4.39 Å². The summed E-state index contributed by atoms with van der Waals surface area (Å²) in [6, 6.07) is 6.27. The Hall–Kier alpha value is -2.37. The Morgan fingerprint density at radius 2 is 1.73 bits per heavy atom. The van der Waals surface area contributed by atoms with Gasteiger partial charge in [-0.1, -0.05) is 0 Å². The van der Waals surface area contributed by atoms with Gasteiger partial charge in [-0.05, 0) is 55.8 Å². The average Bonchev–Trinajstić information content (AvgIpc) is 2.40. The van der Waals surface area contributed by atoms with Crippen LogP contribution in [-0.2, 0) is 6.18 Å². The van der Waals surface area contributed by atoms with Crippen LogP contribution in [-0.4, -0.2) is 5.78 Å². The molecular formula is C16H12F4O2. The van der Waals surface area contributed by atoms with Crippen LogP contribution in [0.15, 0.2) is 36.4 Å². The quantitative estimate of drug-likeness (QED) is 0.579. The van der Waals surface area contributed by atoms with Crippen LogP contribution < -0.4 is 4.74 Å². The molecule has 0 fully saturated rings. The van der Waals surface area contributed by atoms with E-state index < -0.39 is 23.3 Å². The lowest BCUT2D eigenvalue weighted by Crippen LogP contribution is -2.07. The van der Waals surface area contributed by atoms with Crippen LogP contribution in [0.25, 0.3) is 0 Å². The fourth-order valence-electron chi connectivity index (χ4n) is 1.92. The third-order valence-electron chi connectivity index (χ3n) is 3.05. The van der Waals surface area contributed by atoms with Crippen LogP contribution in [0.4, 0.5) is 17.6 Å². The number of ether oxygens (including phenoxy) is 1. The molecule has 0 N–H and O–H groups in total. The van der Waals surface area contributed by atoms with Crippen molar-refractivity contribution in [1.82, 2.24) is 0 Å². The zero-order chi connectivity index (χ0) is 16.5. The minimum absolute atomic E-state index is 0.0247. The molecule has 0 aliphatic heterocycles. The van der Waals surface area contributed by atoms with Crippen molar-refractivity contribution in [1.29, 1.82) is 0 Å². The summed E-state index contributed by atoms with van der Waals surface area (Å²) in [5.41, 5.74) is -0.490. The molecule has 0 aliphatic rings. The maximum atomic E-state index is 13.1. The van der Waals surface area contributed by atoms with Crippen molar-refractivity contribution in [2.45, 2.75) is 20.0 Å². The van der Waals surface area contributed by atoms with E-state index >= 15 is 0 Å². The molecule has 2 nitrogen and oxygen atoms in total. The van der Waals surface area contributed by atoms with E-state index in [0.717, 1.165) is 24.3 Å². The fourth-order valence-corrected chi connectivity index (χ4v) is 1.92. The molecule has 0 heterocycles. The highest BCUT2D eigenvalue weighted by Crippen LogP contribution is 2.35. The number of aryl methyl sites for hydroxylation is 1. The molecular weight excluding hydrogens is 300 g/mol. The summed E-state index contributed by atoms with van der Waals surface area (Å²) >= 11 is 0. The largest absolute Gasteiger partial charge is 0.456 e. The van der Waals surface area contributed by atoms with Crippen LogP contribution in [0.2, 0.25) is 0 Å². The number of Topliss-reactive ketones (excluding diaryl/α,β-unsaturated/α-hetero) is 1. The zero-order valence-corrected chi connectivity index (χ0v) is 11.8. The van der Waals surface area contributed by atoms with Gasteiger partial charge < -0.3 is 4.74 Å². The van der Waals surface area contributed by atoms with Crippen LogP contribution in [0.5, 0.6) is 11.5 Å². The first-order valence-corrected chi connectivity index (χ1v) is 6.34. The maximum absolute atomic E-state index is 13.1. The van der Waals surface area contributed by atoms with Gasteiger partial charge in [0.15, 0.2) is 5.78 Å². The first-order valence-electron chi connectivity index (χ1n) is 6.34. The van der Waals surface area contributed by atoms with Gasteiger partial charge in [-0.15, -0.1) is 0 Å². The summed E-state index contributed by atoms with van der Waals surface area (Å²) in [7, 11) is 0. The Balaban J connectivity index is 2.49. The van der Waals surface area contributed by atoms with E-state index in [-0.39, 0.29) is 17.1 Å². The average molecular weight is 312 g/mol. The lowest BCUT2D eigenvalue weighted by Gasteiger charge is -2.14. The molecule has 0 bridgehead atoms. The number of carbonyl (C=O) groups is 1. The van der Waals surface area contributed by atoms with Gasteiger partial charge in [-0.3, -0.25) is 4.79 Å². The minimum atomic E-state index is -4.55. The normalized spacial score (nSPS) is 11.4. The SMILES string of the molecule is CC(=O)c1ccc(C(F)(F)F)cc1Oc1ccc(F)cc1C. The highest BCUT2D eigenvalue weighted by Gasteiger charge is 2.31. The van der Waals surface area contributed by atoms with E-state index in [1.165, 1.54) is 19.1 Å². The van der Waals surface area contributed by atoms with Gasteiger partial charge in [0, 0.05) is 0 Å². The Bertz CT molecular complexity index is 721. The molecule has 0 aromatic heterocycles. The van der Waals surface area contributed by atoms with Gasteiger partial charge in [-0.2, -0.15) is 13.2 Å². The molecule has 0 radical (unpaired) electrons. The molecule has 6 heteroatoms. The number of alkyl halides is 3. The third kappa shape index (κ3) is 3.44. The smallest absolute Gasteiger partial charge is 0.416 e. The van der Waals surface area contributed by atoms with Crippen LogP contribution >= 0.6 is 0 Å². The summed E-state index contributed by atoms with van der Waals surface area (Å²) in [5.74, 6) is -0.940. The molecule has 0 aliphatic carbocycles. The van der Waals surface area contributed by atoms with Gasteiger partial charge in [0.25, 0.3) is 0 Å². The van der Waals surface area contributed by atoms with Gasteiger partial charge in [0.1, 0.15) is 17.3 Å². The molecule has 2 aromatic rings. The first-order chi connectivity index (χ1) is 10.2.